The first-order valence-corrected chi connectivity index (χ1v) is 6.89. The van der Waals surface area contributed by atoms with Crippen molar-refractivity contribution in [3.63, 3.8) is 0 Å². The van der Waals surface area contributed by atoms with Gasteiger partial charge < -0.3 is 10.1 Å². The Kier molecular flexibility index (Phi) is 6.52. The molecular weight excluding hydrogens is 283 g/mol. The van der Waals surface area contributed by atoms with Crippen LogP contribution in [0.5, 0.6) is 5.75 Å². The number of hydrogen-bond donors (Lipinski definition) is 1. The molecule has 0 aliphatic carbocycles. The van der Waals surface area contributed by atoms with Gasteiger partial charge in [0.05, 0.1) is 0 Å². The highest BCUT2D eigenvalue weighted by molar-refractivity contribution is 5.90. The SMILES string of the molecule is CCCC(C)CC(=O)Nc1ccc(OCC(F)(F)F)cc1. The van der Waals surface area contributed by atoms with Crippen molar-refractivity contribution >= 4 is 11.6 Å². The van der Waals surface area contributed by atoms with Crippen LogP contribution >= 0.6 is 0 Å². The highest BCUT2D eigenvalue weighted by atomic mass is 19.4. The molecule has 0 aliphatic rings. The van der Waals surface area contributed by atoms with Gasteiger partial charge in [-0.25, -0.2) is 0 Å². The van der Waals surface area contributed by atoms with Gasteiger partial charge in [0.25, 0.3) is 0 Å². The van der Waals surface area contributed by atoms with Crippen LogP contribution in [0.15, 0.2) is 24.3 Å². The molecule has 1 aromatic rings. The average Bonchev–Trinajstić information content (AvgIpc) is 2.37. The van der Waals surface area contributed by atoms with Gasteiger partial charge in [0.1, 0.15) is 5.75 Å². The van der Waals surface area contributed by atoms with Gasteiger partial charge in [0, 0.05) is 12.1 Å². The van der Waals surface area contributed by atoms with Gasteiger partial charge in [-0.2, -0.15) is 13.2 Å². The smallest absolute Gasteiger partial charge is 0.422 e. The third-order valence-electron chi connectivity index (χ3n) is 2.86. The second-order valence-corrected chi connectivity index (χ2v) is 5.07. The molecule has 1 unspecified atom stereocenters. The van der Waals surface area contributed by atoms with Crippen molar-refractivity contribution in [1.82, 2.24) is 0 Å². The first-order chi connectivity index (χ1) is 9.80. The zero-order valence-corrected chi connectivity index (χ0v) is 12.2. The van der Waals surface area contributed by atoms with E-state index in [0.717, 1.165) is 12.8 Å². The van der Waals surface area contributed by atoms with Crippen molar-refractivity contribution in [2.24, 2.45) is 5.92 Å². The van der Waals surface area contributed by atoms with Crippen LogP contribution in [0, 0.1) is 5.92 Å². The standard InChI is InChI=1S/C15H20F3NO2/c1-3-4-11(2)9-14(20)19-12-5-7-13(8-6-12)21-10-15(16,17)18/h5-8,11H,3-4,9-10H2,1-2H3,(H,19,20). The molecule has 0 aliphatic heterocycles. The average molecular weight is 303 g/mol. The van der Waals surface area contributed by atoms with Crippen LogP contribution < -0.4 is 10.1 Å². The second kappa shape index (κ2) is 7.90. The number of benzene rings is 1. The monoisotopic (exact) mass is 303 g/mol. The zero-order chi connectivity index (χ0) is 15.9. The molecule has 0 fully saturated rings. The molecule has 1 rings (SSSR count). The maximum absolute atomic E-state index is 12.0. The molecule has 0 saturated heterocycles. The Bertz CT molecular complexity index is 443. The van der Waals surface area contributed by atoms with Gasteiger partial charge in [-0.15, -0.1) is 0 Å². The van der Waals surface area contributed by atoms with Gasteiger partial charge in [-0.1, -0.05) is 26.7 Å². The Morgan fingerprint density at radius 2 is 1.90 bits per heavy atom. The maximum Gasteiger partial charge on any atom is 0.422 e. The minimum Gasteiger partial charge on any atom is -0.484 e. The zero-order valence-electron chi connectivity index (χ0n) is 12.2. The van der Waals surface area contributed by atoms with E-state index in [0.29, 0.717) is 18.0 Å². The summed E-state index contributed by atoms with van der Waals surface area (Å²) in [5.41, 5.74) is 0.544. The lowest BCUT2D eigenvalue weighted by Crippen LogP contribution is -2.19. The van der Waals surface area contributed by atoms with E-state index in [-0.39, 0.29) is 11.7 Å². The molecule has 1 atom stereocenters. The Labute approximate surface area is 122 Å². The summed E-state index contributed by atoms with van der Waals surface area (Å²) in [4.78, 5) is 11.7. The van der Waals surface area contributed by atoms with Crippen molar-refractivity contribution in [1.29, 1.82) is 0 Å². The third-order valence-corrected chi connectivity index (χ3v) is 2.86. The van der Waals surface area contributed by atoms with E-state index in [4.69, 9.17) is 0 Å². The van der Waals surface area contributed by atoms with E-state index in [1.807, 2.05) is 6.92 Å². The van der Waals surface area contributed by atoms with Crippen molar-refractivity contribution < 1.29 is 22.7 Å². The molecular formula is C15H20F3NO2. The second-order valence-electron chi connectivity index (χ2n) is 5.07. The number of carbonyl (C=O) groups is 1. The van der Waals surface area contributed by atoms with Gasteiger partial charge in [-0.3, -0.25) is 4.79 Å². The number of hydrogen-bond acceptors (Lipinski definition) is 2. The topological polar surface area (TPSA) is 38.3 Å². The van der Waals surface area contributed by atoms with Crippen LogP contribution in [0.1, 0.15) is 33.1 Å². The minimum atomic E-state index is -4.36. The van der Waals surface area contributed by atoms with Crippen LogP contribution in [0.3, 0.4) is 0 Å². The molecule has 0 spiro atoms. The summed E-state index contributed by atoms with van der Waals surface area (Å²) in [6, 6.07) is 5.84. The van der Waals surface area contributed by atoms with Gasteiger partial charge >= 0.3 is 6.18 Å². The lowest BCUT2D eigenvalue weighted by molar-refractivity contribution is -0.153. The van der Waals surface area contributed by atoms with Gasteiger partial charge in [0.15, 0.2) is 6.61 Å². The molecule has 0 aromatic heterocycles. The quantitative estimate of drug-likeness (QED) is 0.811. The van der Waals surface area contributed by atoms with Crippen LogP contribution in [0.2, 0.25) is 0 Å². The number of alkyl halides is 3. The molecule has 0 heterocycles. The van der Waals surface area contributed by atoms with E-state index < -0.39 is 12.8 Å². The summed E-state index contributed by atoms with van der Waals surface area (Å²) in [5, 5.41) is 2.71. The number of anilines is 1. The molecule has 1 amide bonds. The molecule has 6 heteroatoms. The number of rotatable bonds is 7. The largest absolute Gasteiger partial charge is 0.484 e. The number of carbonyl (C=O) groups excluding carboxylic acids is 1. The Hall–Kier alpha value is -1.72. The third kappa shape index (κ3) is 7.58. The fraction of sp³-hybridized carbons (Fsp3) is 0.533. The van der Waals surface area contributed by atoms with E-state index in [9.17, 15) is 18.0 Å². The summed E-state index contributed by atoms with van der Waals surface area (Å²) < 4.78 is 40.6. The molecule has 21 heavy (non-hydrogen) atoms. The summed E-state index contributed by atoms with van der Waals surface area (Å²) in [6.07, 6.45) is -1.92. The number of ether oxygens (including phenoxy) is 1. The highest BCUT2D eigenvalue weighted by Crippen LogP contribution is 2.20. The maximum atomic E-state index is 12.0. The number of amides is 1. The first-order valence-electron chi connectivity index (χ1n) is 6.89. The molecule has 118 valence electrons. The van der Waals surface area contributed by atoms with Crippen LogP contribution in [0.25, 0.3) is 0 Å². The van der Waals surface area contributed by atoms with E-state index >= 15 is 0 Å². The van der Waals surface area contributed by atoms with Crippen LogP contribution in [0.4, 0.5) is 18.9 Å². The van der Waals surface area contributed by atoms with Crippen molar-refractivity contribution in [3.8, 4) is 5.75 Å². The van der Waals surface area contributed by atoms with Crippen molar-refractivity contribution in [3.05, 3.63) is 24.3 Å². The highest BCUT2D eigenvalue weighted by Gasteiger charge is 2.28. The lowest BCUT2D eigenvalue weighted by Gasteiger charge is -2.12. The Morgan fingerprint density at radius 3 is 2.43 bits per heavy atom. The van der Waals surface area contributed by atoms with E-state index in [1.165, 1.54) is 24.3 Å². The summed E-state index contributed by atoms with van der Waals surface area (Å²) in [6.45, 7) is 2.75. The van der Waals surface area contributed by atoms with Crippen molar-refractivity contribution in [2.75, 3.05) is 11.9 Å². The molecule has 0 bridgehead atoms. The normalized spacial score (nSPS) is 12.8. The lowest BCUT2D eigenvalue weighted by atomic mass is 10.0. The Morgan fingerprint density at radius 1 is 1.29 bits per heavy atom. The molecule has 0 saturated carbocycles. The summed E-state index contributed by atoms with van der Waals surface area (Å²) >= 11 is 0. The van der Waals surface area contributed by atoms with Gasteiger partial charge in [0.2, 0.25) is 5.91 Å². The van der Waals surface area contributed by atoms with Gasteiger partial charge in [-0.05, 0) is 30.2 Å². The van der Waals surface area contributed by atoms with Crippen molar-refractivity contribution in [2.45, 2.75) is 39.3 Å². The fourth-order valence-corrected chi connectivity index (χ4v) is 1.92. The first kappa shape index (κ1) is 17.3. The predicted molar refractivity (Wildman–Crippen MR) is 75.3 cm³/mol. The fourth-order valence-electron chi connectivity index (χ4n) is 1.92. The van der Waals surface area contributed by atoms with E-state index in [2.05, 4.69) is 17.0 Å². The van der Waals surface area contributed by atoms with Crippen LogP contribution in [-0.2, 0) is 4.79 Å². The molecule has 1 N–H and O–H groups in total. The minimum absolute atomic E-state index is 0.0973. The predicted octanol–water partition coefficient (Wildman–Crippen LogP) is 4.39. The molecule has 3 nitrogen and oxygen atoms in total. The van der Waals surface area contributed by atoms with E-state index in [1.54, 1.807) is 0 Å². The Balaban J connectivity index is 2.45. The summed E-state index contributed by atoms with van der Waals surface area (Å²) in [5.74, 6) is 0.328. The van der Waals surface area contributed by atoms with Crippen LogP contribution in [-0.4, -0.2) is 18.7 Å². The number of nitrogens with one attached hydrogen (secondary N) is 1. The molecule has 0 radical (unpaired) electrons. The molecule has 1 aromatic carbocycles. The summed E-state index contributed by atoms with van der Waals surface area (Å²) in [7, 11) is 0. The number of halogens is 3.